The van der Waals surface area contributed by atoms with Crippen molar-refractivity contribution in [3.8, 4) is 5.75 Å². The van der Waals surface area contributed by atoms with Crippen molar-refractivity contribution in [1.82, 2.24) is 5.32 Å². The van der Waals surface area contributed by atoms with Crippen molar-refractivity contribution in [2.45, 2.75) is 6.04 Å². The van der Waals surface area contributed by atoms with Gasteiger partial charge < -0.3 is 10.4 Å². The Morgan fingerprint density at radius 2 is 1.68 bits per heavy atom. The fourth-order valence-corrected chi connectivity index (χ4v) is 3.75. The largest absolute Gasteiger partial charge is 0.508 e. The molecule has 0 radical (unpaired) electrons. The molecule has 6 nitrogen and oxygen atoms in total. The summed E-state index contributed by atoms with van der Waals surface area (Å²) in [6, 6.07) is 23.4. The second-order valence-corrected chi connectivity index (χ2v) is 7.37. The molecule has 1 amide bonds. The fraction of sp³-hybridized carbons (Fsp3) is 0.0417. The van der Waals surface area contributed by atoms with Gasteiger partial charge >= 0.3 is 0 Å². The predicted molar refractivity (Wildman–Crippen MR) is 119 cm³/mol. The van der Waals surface area contributed by atoms with Gasteiger partial charge in [0.1, 0.15) is 10.8 Å². The lowest BCUT2D eigenvalue weighted by Crippen LogP contribution is -2.29. The zero-order valence-corrected chi connectivity index (χ0v) is 16.9. The number of phenolic OH excluding ortho intramolecular Hbond substituents is 1. The Labute approximate surface area is 182 Å². The van der Waals surface area contributed by atoms with Crippen LogP contribution in [0.3, 0.4) is 0 Å². The van der Waals surface area contributed by atoms with Gasteiger partial charge in [0.05, 0.1) is 11.0 Å². The first-order chi connectivity index (χ1) is 15.0. The van der Waals surface area contributed by atoms with Gasteiger partial charge in [0, 0.05) is 17.2 Å². The summed E-state index contributed by atoms with van der Waals surface area (Å²) >= 11 is 5.87. The number of nitrogens with one attached hydrogen (secondary N) is 1. The molecular weight excluding hydrogens is 416 g/mol. The number of aromatic hydroxyl groups is 1. The third-order valence-electron chi connectivity index (χ3n) is 5.05. The number of nitrogens with zero attached hydrogens (tertiary/aromatic N) is 1. The Balaban J connectivity index is 1.82. The van der Waals surface area contributed by atoms with Crippen LogP contribution < -0.4 is 5.32 Å². The van der Waals surface area contributed by atoms with E-state index in [0.717, 1.165) is 22.4 Å². The standard InChI is InChI=1S/C24H17ClN2O4/c25-19-12-10-17(14-20(19)27(30)31)24(29)26-23(16-7-2-1-3-8-16)22-18-9-5-4-6-15(18)11-13-21(22)28/h1-14,23,28H,(H,26,29). The molecule has 7 heteroatoms. The highest BCUT2D eigenvalue weighted by Gasteiger charge is 2.24. The average molecular weight is 433 g/mol. The van der Waals surface area contributed by atoms with Crippen LogP contribution in [0, 0.1) is 10.1 Å². The number of fused-ring (bicyclic) bond motifs is 1. The summed E-state index contributed by atoms with van der Waals surface area (Å²) in [6.07, 6.45) is 0. The normalized spacial score (nSPS) is 11.8. The number of carbonyl (C=O) groups is 1. The van der Waals surface area contributed by atoms with Crippen LogP contribution in [0.1, 0.15) is 27.5 Å². The van der Waals surface area contributed by atoms with Gasteiger partial charge in [-0.3, -0.25) is 14.9 Å². The molecule has 0 aliphatic rings. The maximum atomic E-state index is 13.1. The molecule has 154 valence electrons. The Kier molecular flexibility index (Phi) is 5.56. The van der Waals surface area contributed by atoms with Gasteiger partial charge in [-0.2, -0.15) is 0 Å². The van der Waals surface area contributed by atoms with Crippen molar-refractivity contribution >= 4 is 34.0 Å². The Morgan fingerprint density at radius 1 is 0.968 bits per heavy atom. The fourth-order valence-electron chi connectivity index (χ4n) is 3.56. The summed E-state index contributed by atoms with van der Waals surface area (Å²) < 4.78 is 0. The quantitative estimate of drug-likeness (QED) is 0.316. The molecule has 0 bridgehead atoms. The maximum absolute atomic E-state index is 13.1. The van der Waals surface area contributed by atoms with E-state index in [0.29, 0.717) is 5.56 Å². The molecule has 1 atom stereocenters. The van der Waals surface area contributed by atoms with Gasteiger partial charge in [0.25, 0.3) is 11.6 Å². The molecule has 4 rings (SSSR count). The van der Waals surface area contributed by atoms with Gasteiger partial charge in [0.15, 0.2) is 0 Å². The predicted octanol–water partition coefficient (Wildman–Crippen LogP) is 5.63. The number of rotatable bonds is 5. The second kappa shape index (κ2) is 8.45. The topological polar surface area (TPSA) is 92.5 Å². The zero-order chi connectivity index (χ0) is 22.0. The summed E-state index contributed by atoms with van der Waals surface area (Å²) in [7, 11) is 0. The minimum atomic E-state index is -0.686. The molecular formula is C24H17ClN2O4. The third-order valence-corrected chi connectivity index (χ3v) is 5.37. The molecule has 0 fully saturated rings. The van der Waals surface area contributed by atoms with Crippen LogP contribution in [0.5, 0.6) is 5.75 Å². The van der Waals surface area contributed by atoms with Gasteiger partial charge in [-0.05, 0) is 34.5 Å². The molecule has 2 N–H and O–H groups in total. The van der Waals surface area contributed by atoms with Gasteiger partial charge in [-0.15, -0.1) is 0 Å². The minimum absolute atomic E-state index is 0.0370. The molecule has 4 aromatic rings. The first-order valence-electron chi connectivity index (χ1n) is 9.46. The van der Waals surface area contributed by atoms with Gasteiger partial charge in [-0.25, -0.2) is 0 Å². The van der Waals surface area contributed by atoms with Crippen LogP contribution in [0.15, 0.2) is 84.9 Å². The molecule has 0 aromatic heterocycles. The number of amides is 1. The zero-order valence-electron chi connectivity index (χ0n) is 16.2. The van der Waals surface area contributed by atoms with E-state index in [-0.39, 0.29) is 22.0 Å². The number of phenols is 1. The monoisotopic (exact) mass is 432 g/mol. The molecule has 0 saturated heterocycles. The summed E-state index contributed by atoms with van der Waals surface area (Å²) in [5.41, 5.74) is 1.04. The van der Waals surface area contributed by atoms with Crippen molar-refractivity contribution in [1.29, 1.82) is 0 Å². The summed E-state index contributed by atoms with van der Waals surface area (Å²) in [5, 5.41) is 26.5. The summed E-state index contributed by atoms with van der Waals surface area (Å²) in [5.74, 6) is -0.490. The lowest BCUT2D eigenvalue weighted by Gasteiger charge is -2.22. The minimum Gasteiger partial charge on any atom is -0.508 e. The Bertz CT molecular complexity index is 1290. The van der Waals surface area contributed by atoms with Crippen molar-refractivity contribution in [2.24, 2.45) is 0 Å². The molecule has 0 aliphatic carbocycles. The third kappa shape index (κ3) is 4.06. The average Bonchev–Trinajstić information content (AvgIpc) is 2.78. The molecule has 0 spiro atoms. The molecule has 0 heterocycles. The highest BCUT2D eigenvalue weighted by molar-refractivity contribution is 6.32. The molecule has 4 aromatic carbocycles. The van der Waals surface area contributed by atoms with Crippen LogP contribution in [0.2, 0.25) is 5.02 Å². The molecule has 31 heavy (non-hydrogen) atoms. The van der Waals surface area contributed by atoms with Crippen LogP contribution in [0.25, 0.3) is 10.8 Å². The second-order valence-electron chi connectivity index (χ2n) is 6.96. The van der Waals surface area contributed by atoms with Crippen LogP contribution in [0.4, 0.5) is 5.69 Å². The highest BCUT2D eigenvalue weighted by atomic mass is 35.5. The van der Waals surface area contributed by atoms with Crippen molar-refractivity contribution in [2.75, 3.05) is 0 Å². The van der Waals surface area contributed by atoms with Gasteiger partial charge in [-0.1, -0.05) is 72.3 Å². The Hall–Kier alpha value is -3.90. The maximum Gasteiger partial charge on any atom is 0.288 e. The highest BCUT2D eigenvalue weighted by Crippen LogP contribution is 2.36. The lowest BCUT2D eigenvalue weighted by atomic mass is 9.92. The smallest absolute Gasteiger partial charge is 0.288 e. The van der Waals surface area contributed by atoms with Crippen molar-refractivity contribution in [3.63, 3.8) is 0 Å². The van der Waals surface area contributed by atoms with E-state index in [1.165, 1.54) is 12.1 Å². The molecule has 1 unspecified atom stereocenters. The van der Waals surface area contributed by atoms with E-state index >= 15 is 0 Å². The van der Waals surface area contributed by atoms with Crippen LogP contribution >= 0.6 is 11.6 Å². The number of hydrogen-bond donors (Lipinski definition) is 2. The number of benzene rings is 4. The number of carbonyl (C=O) groups excluding carboxylic acids is 1. The van der Waals surface area contributed by atoms with Crippen LogP contribution in [-0.2, 0) is 0 Å². The Morgan fingerprint density at radius 3 is 2.42 bits per heavy atom. The van der Waals surface area contributed by atoms with E-state index in [1.807, 2.05) is 54.6 Å². The van der Waals surface area contributed by atoms with E-state index in [4.69, 9.17) is 11.6 Å². The van der Waals surface area contributed by atoms with E-state index < -0.39 is 16.9 Å². The number of nitro benzene ring substituents is 1. The van der Waals surface area contributed by atoms with Crippen molar-refractivity contribution < 1.29 is 14.8 Å². The number of nitro groups is 1. The first kappa shape index (κ1) is 20.4. The van der Waals surface area contributed by atoms with Gasteiger partial charge in [0.2, 0.25) is 0 Å². The lowest BCUT2D eigenvalue weighted by molar-refractivity contribution is -0.384. The van der Waals surface area contributed by atoms with Crippen molar-refractivity contribution in [3.05, 3.63) is 117 Å². The van der Waals surface area contributed by atoms with Crippen LogP contribution in [-0.4, -0.2) is 15.9 Å². The molecule has 0 aliphatic heterocycles. The summed E-state index contributed by atoms with van der Waals surface area (Å²) in [6.45, 7) is 0. The number of halogens is 1. The van der Waals surface area contributed by atoms with E-state index in [2.05, 4.69) is 5.32 Å². The first-order valence-corrected chi connectivity index (χ1v) is 9.84. The number of hydrogen-bond acceptors (Lipinski definition) is 4. The van der Waals surface area contributed by atoms with E-state index in [9.17, 15) is 20.0 Å². The van der Waals surface area contributed by atoms with E-state index in [1.54, 1.807) is 12.1 Å². The molecule has 0 saturated carbocycles. The summed E-state index contributed by atoms with van der Waals surface area (Å²) in [4.78, 5) is 23.7. The SMILES string of the molecule is O=C(NC(c1ccccc1)c1c(O)ccc2ccccc12)c1ccc(Cl)c([N+](=O)[O-])c1.